The van der Waals surface area contributed by atoms with Crippen LogP contribution >= 0.6 is 0 Å². The number of fused-ring (bicyclic) bond motifs is 1. The van der Waals surface area contributed by atoms with Crippen molar-refractivity contribution in [3.8, 4) is 11.1 Å². The van der Waals surface area contributed by atoms with Gasteiger partial charge in [-0.3, -0.25) is 9.59 Å². The Morgan fingerprint density at radius 2 is 1.62 bits per heavy atom. The third-order valence-corrected chi connectivity index (χ3v) is 8.02. The number of para-hydroxylation sites is 2. The Morgan fingerprint density at radius 3 is 2.42 bits per heavy atom. The molecular weight excluding hydrogens is 570 g/mol. The summed E-state index contributed by atoms with van der Waals surface area (Å²) in [5.74, 6) is -1.29. The van der Waals surface area contributed by atoms with E-state index in [4.69, 9.17) is 14.6 Å². The Balaban J connectivity index is 1.23. The molecule has 4 aromatic carbocycles. The molecule has 9 nitrogen and oxygen atoms in total. The van der Waals surface area contributed by atoms with Crippen molar-refractivity contribution in [2.75, 3.05) is 0 Å². The number of nitrogens with zero attached hydrogens (tertiary/aromatic N) is 2. The maximum Gasteiger partial charge on any atom is 0.303 e. The summed E-state index contributed by atoms with van der Waals surface area (Å²) in [4.78, 5) is 27.3. The molecule has 0 saturated carbocycles. The van der Waals surface area contributed by atoms with Gasteiger partial charge >= 0.3 is 5.97 Å². The van der Waals surface area contributed by atoms with Gasteiger partial charge in [0, 0.05) is 24.9 Å². The summed E-state index contributed by atoms with van der Waals surface area (Å²) in [7, 11) is 0. The lowest BCUT2D eigenvalue weighted by Crippen LogP contribution is -2.32. The molecule has 0 radical (unpaired) electrons. The van der Waals surface area contributed by atoms with Crippen LogP contribution in [0.2, 0.25) is 0 Å². The normalized spacial score (nSPS) is 18.1. The van der Waals surface area contributed by atoms with Gasteiger partial charge in [-0.15, -0.1) is 0 Å². The first-order chi connectivity index (χ1) is 21.9. The van der Waals surface area contributed by atoms with Crippen molar-refractivity contribution in [2.45, 2.75) is 57.5 Å². The van der Waals surface area contributed by atoms with Gasteiger partial charge in [0.05, 0.1) is 49.1 Å². The predicted octanol–water partition coefficient (Wildman–Crippen LogP) is 5.92. The molecule has 0 aliphatic carbocycles. The fraction of sp³-hybridized carbons (Fsp3) is 0.250. The van der Waals surface area contributed by atoms with E-state index in [1.807, 2.05) is 91.3 Å². The molecule has 1 aliphatic rings. The van der Waals surface area contributed by atoms with Crippen LogP contribution in [0.4, 0.5) is 0 Å². The van der Waals surface area contributed by atoms with E-state index in [9.17, 15) is 14.7 Å². The zero-order valence-corrected chi connectivity index (χ0v) is 24.7. The van der Waals surface area contributed by atoms with Crippen LogP contribution in [0.3, 0.4) is 0 Å². The van der Waals surface area contributed by atoms with Crippen LogP contribution in [0.5, 0.6) is 0 Å². The number of imidazole rings is 1. The van der Waals surface area contributed by atoms with Crippen LogP contribution < -0.4 is 5.32 Å². The summed E-state index contributed by atoms with van der Waals surface area (Å²) in [6.45, 7) is 0.909. The van der Waals surface area contributed by atoms with Crippen LogP contribution in [0.15, 0.2) is 103 Å². The van der Waals surface area contributed by atoms with E-state index in [0.29, 0.717) is 19.5 Å². The lowest BCUT2D eigenvalue weighted by Gasteiger charge is -2.36. The van der Waals surface area contributed by atoms with E-state index in [-0.39, 0.29) is 37.6 Å². The summed E-state index contributed by atoms with van der Waals surface area (Å²) < 4.78 is 15.3. The molecule has 0 bridgehead atoms. The maximum atomic E-state index is 12.0. The Bertz CT molecular complexity index is 1780. The van der Waals surface area contributed by atoms with Crippen molar-refractivity contribution < 1.29 is 29.3 Å². The zero-order valence-electron chi connectivity index (χ0n) is 24.7. The molecule has 9 heteroatoms. The minimum absolute atomic E-state index is 0.0149. The first-order valence-corrected chi connectivity index (χ1v) is 15.0. The van der Waals surface area contributed by atoms with Crippen molar-refractivity contribution >= 4 is 22.9 Å². The third-order valence-electron chi connectivity index (χ3n) is 8.02. The number of carboxylic acids is 1. The third kappa shape index (κ3) is 7.46. The van der Waals surface area contributed by atoms with Gasteiger partial charge in [-0.25, -0.2) is 4.98 Å². The average molecular weight is 606 g/mol. The molecule has 6 rings (SSSR count). The number of carbonyl (C=O) groups is 2. The largest absolute Gasteiger partial charge is 0.481 e. The fourth-order valence-corrected chi connectivity index (χ4v) is 5.64. The number of aliphatic carboxylic acids is 1. The summed E-state index contributed by atoms with van der Waals surface area (Å²) in [6.07, 6.45) is 1.28. The lowest BCUT2D eigenvalue weighted by atomic mass is 9.98. The van der Waals surface area contributed by atoms with Crippen LogP contribution in [-0.2, 0) is 38.8 Å². The molecule has 2 heterocycles. The molecule has 45 heavy (non-hydrogen) atoms. The van der Waals surface area contributed by atoms with Crippen molar-refractivity contribution in [1.29, 1.82) is 0 Å². The highest BCUT2D eigenvalue weighted by molar-refractivity contribution is 5.80. The number of hydrogen-bond donors (Lipinski definition) is 3. The number of carbonyl (C=O) groups excluding carboxylic acids is 1. The lowest BCUT2D eigenvalue weighted by molar-refractivity contribution is -0.252. The highest BCUT2D eigenvalue weighted by atomic mass is 16.7. The van der Waals surface area contributed by atoms with Crippen molar-refractivity contribution in [2.24, 2.45) is 0 Å². The topological polar surface area (TPSA) is 123 Å². The Labute approximate surface area is 261 Å². The standard InChI is InChI=1S/C36H35N3O6/c40-22-24-11-13-26(14-12-24)33-19-30(21-39-23-38-31-9-1-2-10-32(31)39)44-36(45-33)29-8-4-7-28(18-29)27-6-3-5-25(17-27)20-37-34(41)15-16-35(42)43/h1-14,17-18,23,30,33,36,40H,15-16,19-22H2,(H,37,41)(H,42,43)/t30-,33+,36+/m1/s1. The van der Waals surface area contributed by atoms with Gasteiger partial charge in [-0.2, -0.15) is 0 Å². The Morgan fingerprint density at radius 1 is 0.844 bits per heavy atom. The molecule has 1 fully saturated rings. The number of aromatic nitrogens is 2. The second kappa shape index (κ2) is 13.9. The monoisotopic (exact) mass is 605 g/mol. The number of nitrogens with one attached hydrogen (secondary N) is 1. The molecule has 1 aliphatic heterocycles. The molecule has 3 N–H and O–H groups in total. The Kier molecular flexibility index (Phi) is 9.30. The van der Waals surface area contributed by atoms with Gasteiger partial charge in [0.15, 0.2) is 6.29 Å². The first kappa shape index (κ1) is 30.2. The van der Waals surface area contributed by atoms with Crippen LogP contribution in [0, 0.1) is 0 Å². The van der Waals surface area contributed by atoms with E-state index in [0.717, 1.165) is 44.4 Å². The number of ether oxygens (including phenoxy) is 2. The van der Waals surface area contributed by atoms with E-state index < -0.39 is 12.3 Å². The fourth-order valence-electron chi connectivity index (χ4n) is 5.64. The second-order valence-electron chi connectivity index (χ2n) is 11.2. The van der Waals surface area contributed by atoms with Gasteiger partial charge in [0.2, 0.25) is 5.91 Å². The number of aliphatic hydroxyl groups excluding tert-OH is 1. The van der Waals surface area contributed by atoms with Crippen LogP contribution in [0.25, 0.3) is 22.2 Å². The number of aliphatic hydroxyl groups is 1. The van der Waals surface area contributed by atoms with Gasteiger partial charge in [0.25, 0.3) is 0 Å². The summed E-state index contributed by atoms with van der Waals surface area (Å²) >= 11 is 0. The smallest absolute Gasteiger partial charge is 0.303 e. The number of benzene rings is 4. The summed E-state index contributed by atoms with van der Waals surface area (Å²) in [6, 6.07) is 31.9. The molecule has 0 spiro atoms. The van der Waals surface area contributed by atoms with E-state index in [2.05, 4.69) is 27.0 Å². The Hall–Kier alpha value is -4.83. The minimum Gasteiger partial charge on any atom is -0.481 e. The quantitative estimate of drug-likeness (QED) is 0.171. The van der Waals surface area contributed by atoms with Crippen molar-refractivity contribution in [1.82, 2.24) is 14.9 Å². The number of hydrogen-bond acceptors (Lipinski definition) is 6. The molecule has 3 atom stereocenters. The first-order valence-electron chi connectivity index (χ1n) is 15.0. The zero-order chi connectivity index (χ0) is 31.2. The maximum absolute atomic E-state index is 12.0. The minimum atomic E-state index is -0.995. The van der Waals surface area contributed by atoms with Crippen molar-refractivity contribution in [3.63, 3.8) is 0 Å². The SMILES string of the molecule is O=C(O)CCC(=O)NCc1cccc(-c2cccc([C@H]3O[C@@H](Cn4cnc5ccccc54)C[C@@H](c4ccc(CO)cc4)O3)c2)c1. The number of rotatable bonds is 11. The number of carboxylic acid groups (broad SMARTS) is 1. The van der Waals surface area contributed by atoms with E-state index >= 15 is 0 Å². The molecule has 230 valence electrons. The molecule has 1 amide bonds. The van der Waals surface area contributed by atoms with Gasteiger partial charge < -0.3 is 29.6 Å². The van der Waals surface area contributed by atoms with E-state index in [1.54, 1.807) is 0 Å². The summed E-state index contributed by atoms with van der Waals surface area (Å²) in [5.41, 5.74) is 7.60. The van der Waals surface area contributed by atoms with Gasteiger partial charge in [-0.1, -0.05) is 72.8 Å². The molecular formula is C36H35N3O6. The second-order valence-corrected chi connectivity index (χ2v) is 11.2. The van der Waals surface area contributed by atoms with Crippen LogP contribution in [-0.4, -0.2) is 37.7 Å². The predicted molar refractivity (Wildman–Crippen MR) is 169 cm³/mol. The van der Waals surface area contributed by atoms with Gasteiger partial charge in [-0.05, 0) is 52.1 Å². The molecule has 1 saturated heterocycles. The summed E-state index contributed by atoms with van der Waals surface area (Å²) in [5, 5.41) is 21.1. The molecule has 1 aromatic heterocycles. The number of amides is 1. The van der Waals surface area contributed by atoms with Crippen LogP contribution in [0.1, 0.15) is 53.9 Å². The highest BCUT2D eigenvalue weighted by Crippen LogP contribution is 2.39. The highest BCUT2D eigenvalue weighted by Gasteiger charge is 2.33. The average Bonchev–Trinajstić information content (AvgIpc) is 3.49. The van der Waals surface area contributed by atoms with E-state index in [1.165, 1.54) is 0 Å². The van der Waals surface area contributed by atoms with Gasteiger partial charge in [0.1, 0.15) is 0 Å². The van der Waals surface area contributed by atoms with Crippen molar-refractivity contribution in [3.05, 3.63) is 126 Å². The molecule has 5 aromatic rings. The molecule has 0 unspecified atom stereocenters.